The highest BCUT2D eigenvalue weighted by Gasteiger charge is 2.21. The third kappa shape index (κ3) is 4.58. The van der Waals surface area contributed by atoms with Crippen molar-refractivity contribution in [2.75, 3.05) is 0 Å². The maximum absolute atomic E-state index is 10.4. The van der Waals surface area contributed by atoms with E-state index in [1.807, 2.05) is 0 Å². The SMILES string of the molecule is C=C(C(O)OC(C)=O)C(O)OC(C)=O. The molecule has 0 aromatic heterocycles. The van der Waals surface area contributed by atoms with Gasteiger partial charge >= 0.3 is 11.9 Å². The van der Waals surface area contributed by atoms with Crippen LogP contribution in [-0.2, 0) is 19.1 Å². The molecule has 0 spiro atoms. The molecule has 2 atom stereocenters. The average molecular weight is 204 g/mol. The summed E-state index contributed by atoms with van der Waals surface area (Å²) in [5, 5.41) is 18.2. The van der Waals surface area contributed by atoms with Crippen molar-refractivity contribution in [1.82, 2.24) is 0 Å². The molecule has 0 heterocycles. The van der Waals surface area contributed by atoms with Crippen molar-refractivity contribution in [3.8, 4) is 0 Å². The maximum Gasteiger partial charge on any atom is 0.305 e. The minimum atomic E-state index is -1.69. The van der Waals surface area contributed by atoms with Crippen molar-refractivity contribution < 1.29 is 29.3 Å². The van der Waals surface area contributed by atoms with Crippen molar-refractivity contribution in [1.29, 1.82) is 0 Å². The number of carbonyl (C=O) groups excluding carboxylic acids is 2. The summed E-state index contributed by atoms with van der Waals surface area (Å²) in [5.74, 6) is -1.48. The molecule has 80 valence electrons. The summed E-state index contributed by atoms with van der Waals surface area (Å²) in [7, 11) is 0. The molecule has 0 saturated carbocycles. The molecule has 0 amide bonds. The first kappa shape index (κ1) is 12.6. The van der Waals surface area contributed by atoms with Gasteiger partial charge in [0.1, 0.15) is 0 Å². The number of hydrogen-bond donors (Lipinski definition) is 2. The second kappa shape index (κ2) is 5.36. The van der Waals surface area contributed by atoms with Gasteiger partial charge in [0.05, 0.1) is 5.57 Å². The first-order valence-electron chi connectivity index (χ1n) is 3.74. The zero-order valence-electron chi connectivity index (χ0n) is 7.89. The Hall–Kier alpha value is -1.40. The van der Waals surface area contributed by atoms with E-state index in [0.29, 0.717) is 0 Å². The van der Waals surface area contributed by atoms with Gasteiger partial charge in [-0.25, -0.2) is 0 Å². The molecule has 0 aliphatic heterocycles. The number of ether oxygens (including phenoxy) is 2. The Labute approximate surface area is 80.7 Å². The fourth-order valence-electron chi connectivity index (χ4n) is 0.588. The van der Waals surface area contributed by atoms with Crippen LogP contribution in [0.25, 0.3) is 0 Å². The number of carbonyl (C=O) groups is 2. The van der Waals surface area contributed by atoms with Crippen LogP contribution >= 0.6 is 0 Å². The normalized spacial score (nSPS) is 14.0. The lowest BCUT2D eigenvalue weighted by atomic mass is 10.3. The van der Waals surface area contributed by atoms with Gasteiger partial charge in [0.25, 0.3) is 0 Å². The van der Waals surface area contributed by atoms with E-state index in [1.165, 1.54) is 0 Å². The van der Waals surface area contributed by atoms with Gasteiger partial charge in [-0.1, -0.05) is 6.58 Å². The predicted molar refractivity (Wildman–Crippen MR) is 44.7 cm³/mol. The van der Waals surface area contributed by atoms with Crippen LogP contribution < -0.4 is 0 Å². The van der Waals surface area contributed by atoms with Crippen LogP contribution in [0.2, 0.25) is 0 Å². The van der Waals surface area contributed by atoms with Crippen LogP contribution in [0, 0.1) is 0 Å². The highest BCUT2D eigenvalue weighted by Crippen LogP contribution is 2.08. The number of aliphatic hydroxyl groups is 2. The monoisotopic (exact) mass is 204 g/mol. The Kier molecular flexibility index (Phi) is 4.82. The zero-order chi connectivity index (χ0) is 11.3. The Balaban J connectivity index is 4.16. The van der Waals surface area contributed by atoms with Crippen LogP contribution in [0.1, 0.15) is 13.8 Å². The summed E-state index contributed by atoms with van der Waals surface area (Å²) in [6, 6.07) is 0. The van der Waals surface area contributed by atoms with E-state index in [0.717, 1.165) is 13.8 Å². The Bertz CT molecular complexity index is 222. The van der Waals surface area contributed by atoms with Crippen molar-refractivity contribution in [3.05, 3.63) is 12.2 Å². The van der Waals surface area contributed by atoms with Crippen LogP contribution in [-0.4, -0.2) is 34.7 Å². The molecule has 0 bridgehead atoms. The fraction of sp³-hybridized carbons (Fsp3) is 0.500. The van der Waals surface area contributed by atoms with E-state index in [4.69, 9.17) is 10.2 Å². The number of hydrogen-bond acceptors (Lipinski definition) is 6. The predicted octanol–water partition coefficient (Wildman–Crippen LogP) is -0.694. The van der Waals surface area contributed by atoms with Gasteiger partial charge in [0.15, 0.2) is 0 Å². The van der Waals surface area contributed by atoms with Gasteiger partial charge < -0.3 is 19.7 Å². The van der Waals surface area contributed by atoms with Crippen LogP contribution in [0.4, 0.5) is 0 Å². The number of esters is 2. The largest absolute Gasteiger partial charge is 0.432 e. The molecular weight excluding hydrogens is 192 g/mol. The smallest absolute Gasteiger partial charge is 0.305 e. The van der Waals surface area contributed by atoms with E-state index in [2.05, 4.69) is 16.1 Å². The molecule has 0 saturated heterocycles. The fourth-order valence-corrected chi connectivity index (χ4v) is 0.588. The molecule has 2 N–H and O–H groups in total. The van der Waals surface area contributed by atoms with Gasteiger partial charge in [0.2, 0.25) is 12.6 Å². The van der Waals surface area contributed by atoms with Crippen LogP contribution in [0.5, 0.6) is 0 Å². The summed E-state index contributed by atoms with van der Waals surface area (Å²) < 4.78 is 8.56. The molecule has 0 aromatic rings. The quantitative estimate of drug-likeness (QED) is 0.357. The average Bonchev–Trinajstić information content (AvgIpc) is 2.00. The Morgan fingerprint density at radius 3 is 1.57 bits per heavy atom. The molecule has 0 fully saturated rings. The van der Waals surface area contributed by atoms with Crippen molar-refractivity contribution >= 4 is 11.9 Å². The molecule has 14 heavy (non-hydrogen) atoms. The molecular formula is C8H12O6. The maximum atomic E-state index is 10.4. The molecule has 0 aliphatic rings. The van der Waals surface area contributed by atoms with Gasteiger partial charge in [-0.2, -0.15) is 0 Å². The van der Waals surface area contributed by atoms with Crippen LogP contribution in [0.3, 0.4) is 0 Å². The van der Waals surface area contributed by atoms with Gasteiger partial charge in [-0.15, -0.1) is 0 Å². The Morgan fingerprint density at radius 2 is 1.36 bits per heavy atom. The van der Waals surface area contributed by atoms with Crippen molar-refractivity contribution in [2.24, 2.45) is 0 Å². The summed E-state index contributed by atoms with van der Waals surface area (Å²) in [4.78, 5) is 20.8. The van der Waals surface area contributed by atoms with E-state index < -0.39 is 24.5 Å². The van der Waals surface area contributed by atoms with E-state index in [-0.39, 0.29) is 5.57 Å². The second-order valence-corrected chi connectivity index (χ2v) is 2.50. The molecule has 0 aliphatic carbocycles. The first-order valence-corrected chi connectivity index (χ1v) is 3.74. The lowest BCUT2D eigenvalue weighted by Crippen LogP contribution is -2.28. The lowest BCUT2D eigenvalue weighted by Gasteiger charge is -2.17. The molecule has 6 nitrogen and oxygen atoms in total. The first-order chi connectivity index (χ1) is 6.34. The zero-order valence-corrected chi connectivity index (χ0v) is 7.89. The Morgan fingerprint density at radius 1 is 1.07 bits per heavy atom. The van der Waals surface area contributed by atoms with E-state index in [9.17, 15) is 9.59 Å². The topological polar surface area (TPSA) is 93.1 Å². The third-order valence-electron chi connectivity index (χ3n) is 1.19. The van der Waals surface area contributed by atoms with Gasteiger partial charge in [-0.3, -0.25) is 9.59 Å². The summed E-state index contributed by atoms with van der Waals surface area (Å²) in [6.45, 7) is 5.36. The highest BCUT2D eigenvalue weighted by molar-refractivity contribution is 5.67. The number of aliphatic hydroxyl groups excluding tert-OH is 2. The summed E-state index contributed by atoms with van der Waals surface area (Å²) >= 11 is 0. The minimum absolute atomic E-state index is 0.324. The van der Waals surface area contributed by atoms with Crippen molar-refractivity contribution in [3.63, 3.8) is 0 Å². The van der Waals surface area contributed by atoms with Gasteiger partial charge in [-0.05, 0) is 0 Å². The molecule has 6 heteroatoms. The summed E-state index contributed by atoms with van der Waals surface area (Å²) in [6.07, 6.45) is -3.39. The standard InChI is InChI=1S/C8H12O6/c1-4(7(11)13-5(2)9)8(12)14-6(3)10/h7-8,11-12H,1H2,2-3H3. The molecule has 0 aromatic carbocycles. The van der Waals surface area contributed by atoms with Crippen molar-refractivity contribution in [2.45, 2.75) is 26.4 Å². The lowest BCUT2D eigenvalue weighted by molar-refractivity contribution is -0.172. The molecule has 0 rings (SSSR count). The molecule has 2 unspecified atom stereocenters. The highest BCUT2D eigenvalue weighted by atomic mass is 16.7. The number of rotatable bonds is 4. The summed E-state index contributed by atoms with van der Waals surface area (Å²) in [5.41, 5.74) is -0.324. The van der Waals surface area contributed by atoms with E-state index >= 15 is 0 Å². The van der Waals surface area contributed by atoms with E-state index in [1.54, 1.807) is 0 Å². The minimum Gasteiger partial charge on any atom is -0.432 e. The van der Waals surface area contributed by atoms with Crippen LogP contribution in [0.15, 0.2) is 12.2 Å². The third-order valence-corrected chi connectivity index (χ3v) is 1.19. The second-order valence-electron chi connectivity index (χ2n) is 2.50. The molecule has 0 radical (unpaired) electrons. The van der Waals surface area contributed by atoms with Gasteiger partial charge in [0, 0.05) is 13.8 Å².